The van der Waals surface area contributed by atoms with Crippen molar-refractivity contribution in [2.24, 2.45) is 5.41 Å². The molecule has 112 valence electrons. The van der Waals surface area contributed by atoms with Gasteiger partial charge in [0, 0.05) is 24.6 Å². The molecule has 0 aromatic heterocycles. The Bertz CT molecular complexity index is 266. The maximum atomic E-state index is 8.70. The van der Waals surface area contributed by atoms with Gasteiger partial charge in [-0.05, 0) is 33.2 Å². The van der Waals surface area contributed by atoms with Crippen LogP contribution in [0.3, 0.4) is 0 Å². The van der Waals surface area contributed by atoms with Crippen LogP contribution in [0, 0.1) is 5.41 Å². The minimum atomic E-state index is 0.115. The van der Waals surface area contributed by atoms with Crippen LogP contribution in [0.4, 0.5) is 0 Å². The van der Waals surface area contributed by atoms with Gasteiger partial charge in [-0.3, -0.25) is 0 Å². The topological polar surface area (TPSA) is 41.9 Å². The Kier molecular flexibility index (Phi) is 5.63. The van der Waals surface area contributed by atoms with E-state index in [4.69, 9.17) is 14.6 Å². The standard InChI is InChI=1S/C15H29NO3/c1-3-19-14-12-13(15(14)6-4-5-7-15)16(2)8-10-18-11-9-17/h13-14,17H,3-12H2,1-2H3. The molecule has 0 aromatic carbocycles. The van der Waals surface area contributed by atoms with E-state index in [0.29, 0.717) is 30.8 Å². The summed E-state index contributed by atoms with van der Waals surface area (Å²) in [7, 11) is 2.20. The van der Waals surface area contributed by atoms with E-state index < -0.39 is 0 Å². The molecule has 2 saturated carbocycles. The number of hydrogen-bond donors (Lipinski definition) is 1. The van der Waals surface area contributed by atoms with Crippen LogP contribution in [0.1, 0.15) is 39.0 Å². The molecule has 0 bridgehead atoms. The predicted molar refractivity (Wildman–Crippen MR) is 75.3 cm³/mol. The van der Waals surface area contributed by atoms with E-state index in [0.717, 1.165) is 13.2 Å². The zero-order chi connectivity index (χ0) is 13.7. The average molecular weight is 271 g/mol. The first kappa shape index (κ1) is 15.2. The Morgan fingerprint density at radius 2 is 2.00 bits per heavy atom. The molecular weight excluding hydrogens is 242 g/mol. The summed E-state index contributed by atoms with van der Waals surface area (Å²) in [5.41, 5.74) is 0.418. The summed E-state index contributed by atoms with van der Waals surface area (Å²) in [6.45, 7) is 5.16. The third-order valence-electron chi connectivity index (χ3n) is 5.00. The lowest BCUT2D eigenvalue weighted by Crippen LogP contribution is -2.63. The third kappa shape index (κ3) is 3.13. The molecule has 4 heteroatoms. The molecule has 0 amide bonds. The molecule has 2 aliphatic rings. The second kappa shape index (κ2) is 7.02. The first-order valence-corrected chi connectivity index (χ1v) is 7.75. The molecule has 2 aliphatic carbocycles. The summed E-state index contributed by atoms with van der Waals surface area (Å²) < 4.78 is 11.3. The fraction of sp³-hybridized carbons (Fsp3) is 1.00. The fourth-order valence-corrected chi connectivity index (χ4v) is 4.00. The Balaban J connectivity index is 1.82. The zero-order valence-corrected chi connectivity index (χ0v) is 12.4. The van der Waals surface area contributed by atoms with E-state index in [1.807, 2.05) is 0 Å². The van der Waals surface area contributed by atoms with E-state index in [1.165, 1.54) is 32.1 Å². The lowest BCUT2D eigenvalue weighted by Gasteiger charge is -2.57. The van der Waals surface area contributed by atoms with Gasteiger partial charge in [-0.2, -0.15) is 0 Å². The van der Waals surface area contributed by atoms with Crippen molar-refractivity contribution >= 4 is 0 Å². The number of aliphatic hydroxyl groups is 1. The van der Waals surface area contributed by atoms with E-state index in [-0.39, 0.29) is 6.61 Å². The molecule has 19 heavy (non-hydrogen) atoms. The summed E-state index contributed by atoms with van der Waals surface area (Å²) >= 11 is 0. The van der Waals surface area contributed by atoms with Crippen LogP contribution in [-0.4, -0.2) is 62.2 Å². The minimum absolute atomic E-state index is 0.115. The summed E-state index contributed by atoms with van der Waals surface area (Å²) in [6.07, 6.45) is 7.01. The van der Waals surface area contributed by atoms with Crippen molar-refractivity contribution in [3.63, 3.8) is 0 Å². The number of hydrogen-bond acceptors (Lipinski definition) is 4. The molecule has 0 aliphatic heterocycles. The molecule has 2 atom stereocenters. The van der Waals surface area contributed by atoms with Crippen LogP contribution in [0.25, 0.3) is 0 Å². The third-order valence-corrected chi connectivity index (χ3v) is 5.00. The molecule has 0 radical (unpaired) electrons. The number of ether oxygens (including phenoxy) is 2. The van der Waals surface area contributed by atoms with Gasteiger partial charge in [-0.1, -0.05) is 12.8 Å². The molecule has 0 heterocycles. The summed E-state index contributed by atoms with van der Waals surface area (Å²) in [5.74, 6) is 0. The van der Waals surface area contributed by atoms with Gasteiger partial charge in [-0.15, -0.1) is 0 Å². The van der Waals surface area contributed by atoms with Crippen LogP contribution in [0.2, 0.25) is 0 Å². The van der Waals surface area contributed by atoms with Crippen LogP contribution < -0.4 is 0 Å². The maximum Gasteiger partial charge on any atom is 0.0698 e. The van der Waals surface area contributed by atoms with Gasteiger partial charge < -0.3 is 19.5 Å². The van der Waals surface area contributed by atoms with Gasteiger partial charge in [-0.25, -0.2) is 0 Å². The molecule has 0 saturated heterocycles. The van der Waals surface area contributed by atoms with E-state index in [2.05, 4.69) is 18.9 Å². The normalized spacial score (nSPS) is 29.1. The molecule has 2 rings (SSSR count). The van der Waals surface area contributed by atoms with Crippen molar-refractivity contribution in [2.45, 2.75) is 51.2 Å². The minimum Gasteiger partial charge on any atom is -0.394 e. The Morgan fingerprint density at radius 3 is 2.63 bits per heavy atom. The number of likely N-dealkylation sites (N-methyl/N-ethyl adjacent to an activating group) is 1. The van der Waals surface area contributed by atoms with Crippen molar-refractivity contribution in [3.8, 4) is 0 Å². The van der Waals surface area contributed by atoms with E-state index in [1.54, 1.807) is 0 Å². The SMILES string of the molecule is CCOC1CC(N(C)CCOCCO)C12CCCC2. The number of rotatable bonds is 8. The summed E-state index contributed by atoms with van der Waals surface area (Å²) in [5, 5.41) is 8.70. The van der Waals surface area contributed by atoms with Gasteiger partial charge >= 0.3 is 0 Å². The lowest BCUT2D eigenvalue weighted by molar-refractivity contribution is -0.162. The van der Waals surface area contributed by atoms with Crippen molar-refractivity contribution in [2.75, 3.05) is 40.0 Å². The summed E-state index contributed by atoms with van der Waals surface area (Å²) in [6, 6.07) is 0.657. The highest BCUT2D eigenvalue weighted by Gasteiger charge is 2.57. The highest BCUT2D eigenvalue weighted by Crippen LogP contribution is 2.56. The van der Waals surface area contributed by atoms with Crippen LogP contribution >= 0.6 is 0 Å². The molecule has 1 spiro atoms. The smallest absolute Gasteiger partial charge is 0.0698 e. The quantitative estimate of drug-likeness (QED) is 0.682. The van der Waals surface area contributed by atoms with Gasteiger partial charge in [0.25, 0.3) is 0 Å². The van der Waals surface area contributed by atoms with E-state index in [9.17, 15) is 0 Å². The predicted octanol–water partition coefficient (Wildman–Crippen LogP) is 1.66. The maximum absolute atomic E-state index is 8.70. The molecule has 2 unspecified atom stereocenters. The van der Waals surface area contributed by atoms with Crippen molar-refractivity contribution in [1.29, 1.82) is 0 Å². The van der Waals surface area contributed by atoms with Crippen LogP contribution in [0.5, 0.6) is 0 Å². The van der Waals surface area contributed by atoms with Gasteiger partial charge in [0.1, 0.15) is 0 Å². The monoisotopic (exact) mass is 271 g/mol. The lowest BCUT2D eigenvalue weighted by atomic mass is 9.60. The number of nitrogens with zero attached hydrogens (tertiary/aromatic N) is 1. The van der Waals surface area contributed by atoms with Crippen molar-refractivity contribution in [1.82, 2.24) is 4.90 Å². The zero-order valence-electron chi connectivity index (χ0n) is 12.4. The van der Waals surface area contributed by atoms with Crippen molar-refractivity contribution < 1.29 is 14.6 Å². The summed E-state index contributed by atoms with van der Waals surface area (Å²) in [4.78, 5) is 2.44. The number of aliphatic hydroxyl groups excluding tert-OH is 1. The Hall–Kier alpha value is -0.160. The first-order chi connectivity index (χ1) is 9.24. The molecule has 4 nitrogen and oxygen atoms in total. The highest BCUT2D eigenvalue weighted by atomic mass is 16.5. The van der Waals surface area contributed by atoms with Crippen LogP contribution in [0.15, 0.2) is 0 Å². The van der Waals surface area contributed by atoms with E-state index >= 15 is 0 Å². The second-order valence-corrected chi connectivity index (χ2v) is 5.95. The molecule has 0 aromatic rings. The molecular formula is C15H29NO3. The molecule has 2 fully saturated rings. The van der Waals surface area contributed by atoms with Gasteiger partial charge in [0.2, 0.25) is 0 Å². The first-order valence-electron chi connectivity index (χ1n) is 7.75. The van der Waals surface area contributed by atoms with Gasteiger partial charge in [0.15, 0.2) is 0 Å². The molecule has 1 N–H and O–H groups in total. The second-order valence-electron chi connectivity index (χ2n) is 5.95. The Morgan fingerprint density at radius 1 is 1.26 bits per heavy atom. The van der Waals surface area contributed by atoms with Gasteiger partial charge in [0.05, 0.1) is 25.9 Å². The average Bonchev–Trinajstić information content (AvgIpc) is 2.91. The Labute approximate surface area is 117 Å². The largest absolute Gasteiger partial charge is 0.394 e. The van der Waals surface area contributed by atoms with Crippen LogP contribution in [-0.2, 0) is 9.47 Å². The van der Waals surface area contributed by atoms with Crippen molar-refractivity contribution in [3.05, 3.63) is 0 Å². The fourth-order valence-electron chi connectivity index (χ4n) is 4.00. The highest BCUT2D eigenvalue weighted by molar-refractivity contribution is 5.10.